The van der Waals surface area contributed by atoms with E-state index in [1.807, 2.05) is 0 Å². The summed E-state index contributed by atoms with van der Waals surface area (Å²) >= 11 is 0. The van der Waals surface area contributed by atoms with E-state index in [1.54, 1.807) is 0 Å². The number of benzene rings is 1. The van der Waals surface area contributed by atoms with Crippen molar-refractivity contribution < 1.29 is 9.47 Å². The van der Waals surface area contributed by atoms with Gasteiger partial charge in [0.15, 0.2) is 0 Å². The summed E-state index contributed by atoms with van der Waals surface area (Å²) in [7, 11) is 0. The van der Waals surface area contributed by atoms with Crippen molar-refractivity contribution in [3.05, 3.63) is 35.4 Å². The Morgan fingerprint density at radius 1 is 1.21 bits per heavy atom. The van der Waals surface area contributed by atoms with Gasteiger partial charge in [-0.25, -0.2) is 0 Å². The minimum atomic E-state index is 0.116. The van der Waals surface area contributed by atoms with Gasteiger partial charge in [-0.05, 0) is 17.5 Å². The van der Waals surface area contributed by atoms with Crippen LogP contribution < -0.4 is 5.32 Å². The highest BCUT2D eigenvalue weighted by molar-refractivity contribution is 5.33. The molecule has 2 heterocycles. The van der Waals surface area contributed by atoms with Crippen LogP contribution in [0.2, 0.25) is 0 Å². The zero-order valence-corrected chi connectivity index (χ0v) is 11.7. The van der Waals surface area contributed by atoms with Crippen LogP contribution in [0.5, 0.6) is 0 Å². The molecule has 2 fully saturated rings. The van der Waals surface area contributed by atoms with Gasteiger partial charge in [0.05, 0.1) is 31.8 Å². The van der Waals surface area contributed by atoms with E-state index in [-0.39, 0.29) is 5.41 Å². The van der Waals surface area contributed by atoms with Crippen molar-refractivity contribution in [2.45, 2.75) is 31.2 Å². The van der Waals surface area contributed by atoms with Crippen molar-refractivity contribution >= 4 is 0 Å². The molecule has 1 aromatic carbocycles. The van der Waals surface area contributed by atoms with Crippen LogP contribution in [0.3, 0.4) is 0 Å². The maximum Gasteiger partial charge on any atom is 0.0630 e. The minimum absolute atomic E-state index is 0.116. The molecule has 0 aliphatic carbocycles. The minimum Gasteiger partial charge on any atom is -0.379 e. The highest BCUT2D eigenvalue weighted by Crippen LogP contribution is 2.36. The van der Waals surface area contributed by atoms with E-state index in [1.165, 1.54) is 17.5 Å². The van der Waals surface area contributed by atoms with Crippen LogP contribution in [-0.2, 0) is 21.3 Å². The van der Waals surface area contributed by atoms with Gasteiger partial charge in [0.25, 0.3) is 0 Å². The first-order valence-electron chi connectivity index (χ1n) is 7.33. The molecule has 0 bridgehead atoms. The maximum absolute atomic E-state index is 5.63. The van der Waals surface area contributed by atoms with Crippen molar-refractivity contribution in [2.75, 3.05) is 33.0 Å². The zero-order valence-electron chi connectivity index (χ0n) is 11.7. The lowest BCUT2D eigenvalue weighted by Crippen LogP contribution is -2.63. The molecule has 0 aromatic heterocycles. The number of ether oxygens (including phenoxy) is 2. The first-order chi connectivity index (χ1) is 9.35. The van der Waals surface area contributed by atoms with E-state index in [9.17, 15) is 0 Å². The van der Waals surface area contributed by atoms with Crippen LogP contribution in [0.25, 0.3) is 0 Å². The SMILES string of the molecule is CCCc1ccc(C2(C3COCCN3)COC2)cc1. The third-order valence-corrected chi connectivity index (χ3v) is 4.38. The normalized spacial score (nSPS) is 25.8. The molecule has 0 saturated carbocycles. The molecule has 0 amide bonds. The fourth-order valence-corrected chi connectivity index (χ4v) is 3.10. The Hall–Kier alpha value is -0.900. The molecule has 3 nitrogen and oxygen atoms in total. The van der Waals surface area contributed by atoms with Gasteiger partial charge >= 0.3 is 0 Å². The fraction of sp³-hybridized carbons (Fsp3) is 0.625. The molecule has 2 saturated heterocycles. The highest BCUT2D eigenvalue weighted by Gasteiger charge is 2.47. The first-order valence-corrected chi connectivity index (χ1v) is 7.33. The van der Waals surface area contributed by atoms with Gasteiger partial charge in [0.1, 0.15) is 0 Å². The van der Waals surface area contributed by atoms with Crippen molar-refractivity contribution in [2.24, 2.45) is 0 Å². The Labute approximate surface area is 115 Å². The molecule has 1 unspecified atom stereocenters. The molecule has 0 radical (unpaired) electrons. The molecule has 3 rings (SSSR count). The van der Waals surface area contributed by atoms with E-state index in [0.717, 1.165) is 39.4 Å². The summed E-state index contributed by atoms with van der Waals surface area (Å²) in [5.41, 5.74) is 2.93. The van der Waals surface area contributed by atoms with Gasteiger partial charge in [0.2, 0.25) is 0 Å². The lowest BCUT2D eigenvalue weighted by molar-refractivity contribution is -0.101. The molecule has 104 valence electrons. The molecular weight excluding hydrogens is 238 g/mol. The third-order valence-electron chi connectivity index (χ3n) is 4.38. The molecule has 19 heavy (non-hydrogen) atoms. The van der Waals surface area contributed by atoms with E-state index < -0.39 is 0 Å². The van der Waals surface area contributed by atoms with Gasteiger partial charge in [-0.3, -0.25) is 0 Å². The molecule has 2 aliphatic rings. The smallest absolute Gasteiger partial charge is 0.0630 e. The van der Waals surface area contributed by atoms with Gasteiger partial charge < -0.3 is 14.8 Å². The number of nitrogens with one attached hydrogen (secondary N) is 1. The Morgan fingerprint density at radius 3 is 2.53 bits per heavy atom. The Balaban J connectivity index is 1.80. The number of morpholine rings is 1. The van der Waals surface area contributed by atoms with E-state index >= 15 is 0 Å². The number of rotatable bonds is 4. The summed E-state index contributed by atoms with van der Waals surface area (Å²) in [4.78, 5) is 0. The number of aryl methyl sites for hydroxylation is 1. The maximum atomic E-state index is 5.63. The van der Waals surface area contributed by atoms with Crippen LogP contribution >= 0.6 is 0 Å². The number of hydrogen-bond donors (Lipinski definition) is 1. The zero-order chi connectivity index (χ0) is 13.1. The Kier molecular flexibility index (Phi) is 3.87. The monoisotopic (exact) mass is 261 g/mol. The second-order valence-corrected chi connectivity index (χ2v) is 5.68. The molecule has 1 atom stereocenters. The lowest BCUT2D eigenvalue weighted by Gasteiger charge is -2.49. The standard InChI is InChI=1S/C16H23NO2/c1-2-3-13-4-6-14(7-5-13)16(11-19-12-16)15-10-18-9-8-17-15/h4-7,15,17H,2-3,8-12H2,1H3. The second kappa shape index (κ2) is 5.61. The van der Waals surface area contributed by atoms with Gasteiger partial charge in [-0.2, -0.15) is 0 Å². The quantitative estimate of drug-likeness (QED) is 0.898. The van der Waals surface area contributed by atoms with Gasteiger partial charge in [-0.1, -0.05) is 37.6 Å². The van der Waals surface area contributed by atoms with Crippen molar-refractivity contribution in [3.63, 3.8) is 0 Å². The first kappa shape index (κ1) is 13.1. The van der Waals surface area contributed by atoms with Crippen LogP contribution in [-0.4, -0.2) is 39.0 Å². The highest BCUT2D eigenvalue weighted by atomic mass is 16.5. The van der Waals surface area contributed by atoms with Crippen LogP contribution in [0.4, 0.5) is 0 Å². The fourth-order valence-electron chi connectivity index (χ4n) is 3.10. The van der Waals surface area contributed by atoms with E-state index in [2.05, 4.69) is 36.5 Å². The largest absolute Gasteiger partial charge is 0.379 e. The molecule has 1 N–H and O–H groups in total. The van der Waals surface area contributed by atoms with Crippen LogP contribution in [0.15, 0.2) is 24.3 Å². The Morgan fingerprint density at radius 2 is 2.00 bits per heavy atom. The average Bonchev–Trinajstić information content (AvgIpc) is 2.41. The van der Waals surface area contributed by atoms with E-state index in [4.69, 9.17) is 9.47 Å². The average molecular weight is 261 g/mol. The molecule has 2 aliphatic heterocycles. The molecule has 0 spiro atoms. The Bertz CT molecular complexity index is 405. The number of hydrogen-bond acceptors (Lipinski definition) is 3. The van der Waals surface area contributed by atoms with Gasteiger partial charge in [0, 0.05) is 12.6 Å². The predicted octanol–water partition coefficient (Wildman–Crippen LogP) is 1.90. The summed E-state index contributed by atoms with van der Waals surface area (Å²) in [5, 5.41) is 3.60. The van der Waals surface area contributed by atoms with Crippen molar-refractivity contribution in [1.82, 2.24) is 5.32 Å². The van der Waals surface area contributed by atoms with Crippen molar-refractivity contribution in [1.29, 1.82) is 0 Å². The van der Waals surface area contributed by atoms with E-state index in [0.29, 0.717) is 6.04 Å². The summed E-state index contributed by atoms with van der Waals surface area (Å²) in [6.07, 6.45) is 2.36. The topological polar surface area (TPSA) is 30.5 Å². The molecule has 1 aromatic rings. The summed E-state index contributed by atoms with van der Waals surface area (Å²) in [5.74, 6) is 0. The lowest BCUT2D eigenvalue weighted by atomic mass is 9.72. The molecular formula is C16H23NO2. The predicted molar refractivity (Wildman–Crippen MR) is 75.5 cm³/mol. The third kappa shape index (κ3) is 2.42. The summed E-state index contributed by atoms with van der Waals surface area (Å²) in [6.45, 7) is 6.39. The van der Waals surface area contributed by atoms with Gasteiger partial charge in [-0.15, -0.1) is 0 Å². The van der Waals surface area contributed by atoms with Crippen molar-refractivity contribution in [3.8, 4) is 0 Å². The van der Waals surface area contributed by atoms with Crippen LogP contribution in [0, 0.1) is 0 Å². The molecule has 3 heteroatoms. The summed E-state index contributed by atoms with van der Waals surface area (Å²) in [6, 6.07) is 9.48. The summed E-state index contributed by atoms with van der Waals surface area (Å²) < 4.78 is 11.2. The van der Waals surface area contributed by atoms with Crippen LogP contribution in [0.1, 0.15) is 24.5 Å². The second-order valence-electron chi connectivity index (χ2n) is 5.68.